The predicted octanol–water partition coefficient (Wildman–Crippen LogP) is 2.10. The summed E-state index contributed by atoms with van der Waals surface area (Å²) in [5.74, 6) is -0.130. The summed E-state index contributed by atoms with van der Waals surface area (Å²) in [5.41, 5.74) is 1.35. The highest BCUT2D eigenvalue weighted by molar-refractivity contribution is 6.01. The number of hydrogen-bond acceptors (Lipinski definition) is 3. The summed E-state index contributed by atoms with van der Waals surface area (Å²) >= 11 is 0. The van der Waals surface area contributed by atoms with E-state index in [0.717, 1.165) is 11.3 Å². The summed E-state index contributed by atoms with van der Waals surface area (Å²) in [6.45, 7) is 5.37. The van der Waals surface area contributed by atoms with Gasteiger partial charge in [0, 0.05) is 19.2 Å². The molecular formula is C15H20N2O3. The highest BCUT2D eigenvalue weighted by atomic mass is 16.6. The van der Waals surface area contributed by atoms with Crippen LogP contribution in [0.2, 0.25) is 0 Å². The third-order valence-corrected chi connectivity index (χ3v) is 3.10. The Morgan fingerprint density at radius 3 is 2.65 bits per heavy atom. The van der Waals surface area contributed by atoms with Gasteiger partial charge in [0.25, 0.3) is 0 Å². The molecular weight excluding hydrogens is 256 g/mol. The van der Waals surface area contributed by atoms with Crippen molar-refractivity contribution in [3.63, 3.8) is 0 Å². The van der Waals surface area contributed by atoms with Gasteiger partial charge in [0.2, 0.25) is 5.91 Å². The molecule has 0 radical (unpaired) electrons. The molecule has 0 aliphatic carbocycles. The van der Waals surface area contributed by atoms with E-state index in [9.17, 15) is 9.59 Å². The summed E-state index contributed by atoms with van der Waals surface area (Å²) in [4.78, 5) is 25.6. The second-order valence-electron chi connectivity index (χ2n) is 5.93. The van der Waals surface area contributed by atoms with Crippen LogP contribution in [0.1, 0.15) is 26.3 Å². The van der Waals surface area contributed by atoms with E-state index in [0.29, 0.717) is 6.42 Å². The maximum atomic E-state index is 12.2. The van der Waals surface area contributed by atoms with Gasteiger partial charge in [-0.3, -0.25) is 4.79 Å². The molecule has 1 aromatic carbocycles. The van der Waals surface area contributed by atoms with Crippen LogP contribution in [-0.4, -0.2) is 30.7 Å². The zero-order chi connectivity index (χ0) is 14.9. The van der Waals surface area contributed by atoms with Crippen molar-refractivity contribution < 1.29 is 14.3 Å². The van der Waals surface area contributed by atoms with Gasteiger partial charge >= 0.3 is 6.09 Å². The zero-order valence-corrected chi connectivity index (χ0v) is 12.3. The van der Waals surface area contributed by atoms with Gasteiger partial charge in [0.1, 0.15) is 11.6 Å². The van der Waals surface area contributed by atoms with Crippen LogP contribution < -0.4 is 10.2 Å². The number of ether oxygens (including phenoxy) is 1. The van der Waals surface area contributed by atoms with E-state index in [1.807, 2.05) is 24.3 Å². The van der Waals surface area contributed by atoms with Crippen molar-refractivity contribution in [1.82, 2.24) is 5.32 Å². The first kappa shape index (κ1) is 14.4. The van der Waals surface area contributed by atoms with Crippen molar-refractivity contribution >= 4 is 17.7 Å². The molecule has 0 bridgehead atoms. The number of para-hydroxylation sites is 1. The van der Waals surface area contributed by atoms with E-state index < -0.39 is 17.7 Å². The van der Waals surface area contributed by atoms with Crippen LogP contribution in [0, 0.1) is 0 Å². The molecule has 5 heteroatoms. The number of carbonyl (C=O) groups is 2. The van der Waals surface area contributed by atoms with Crippen molar-refractivity contribution in [1.29, 1.82) is 0 Å². The topological polar surface area (TPSA) is 58.6 Å². The number of rotatable bonds is 1. The molecule has 0 spiro atoms. The number of hydrogen-bond donors (Lipinski definition) is 1. The molecule has 1 N–H and O–H groups in total. The fourth-order valence-electron chi connectivity index (χ4n) is 2.23. The summed E-state index contributed by atoms with van der Waals surface area (Å²) in [6, 6.07) is 7.10. The lowest BCUT2D eigenvalue weighted by Crippen LogP contribution is -2.52. The first-order valence-corrected chi connectivity index (χ1v) is 6.63. The first-order chi connectivity index (χ1) is 9.28. The highest BCUT2D eigenvalue weighted by Gasteiger charge is 2.32. The lowest BCUT2D eigenvalue weighted by atomic mass is 9.98. The van der Waals surface area contributed by atoms with E-state index in [1.165, 1.54) is 0 Å². The molecule has 1 aromatic rings. The number of amides is 2. The Hall–Kier alpha value is -2.04. The number of carbonyl (C=O) groups excluding carboxylic acids is 2. The van der Waals surface area contributed by atoms with Gasteiger partial charge in [0.15, 0.2) is 0 Å². The van der Waals surface area contributed by atoms with Crippen molar-refractivity contribution in [3.05, 3.63) is 29.8 Å². The lowest BCUT2D eigenvalue weighted by Gasteiger charge is -2.32. The molecule has 1 heterocycles. The molecule has 108 valence electrons. The lowest BCUT2D eigenvalue weighted by molar-refractivity contribution is -0.120. The third kappa shape index (κ3) is 3.10. The molecule has 1 aliphatic heterocycles. The molecule has 0 unspecified atom stereocenters. The smallest absolute Gasteiger partial charge is 0.408 e. The average molecular weight is 276 g/mol. The minimum absolute atomic E-state index is 0.130. The molecule has 5 nitrogen and oxygen atoms in total. The van der Waals surface area contributed by atoms with Gasteiger partial charge in [-0.1, -0.05) is 18.2 Å². The Morgan fingerprint density at radius 1 is 1.35 bits per heavy atom. The standard InChI is InChI=1S/C15H20N2O3/c1-15(2,3)20-14(19)16-11-9-10-7-5-6-8-12(10)17(4)13(11)18/h5-8,11H,9H2,1-4H3,(H,16,19)/t11-/m0/s1. The fourth-order valence-corrected chi connectivity index (χ4v) is 2.23. The Morgan fingerprint density at radius 2 is 2.00 bits per heavy atom. The normalized spacial score (nSPS) is 18.5. The molecule has 0 saturated heterocycles. The van der Waals surface area contributed by atoms with Crippen molar-refractivity contribution in [2.24, 2.45) is 0 Å². The Labute approximate surface area is 118 Å². The van der Waals surface area contributed by atoms with Crippen molar-refractivity contribution in [2.45, 2.75) is 38.8 Å². The van der Waals surface area contributed by atoms with E-state index in [4.69, 9.17) is 4.74 Å². The van der Waals surface area contributed by atoms with E-state index in [-0.39, 0.29) is 5.91 Å². The fraction of sp³-hybridized carbons (Fsp3) is 0.467. The summed E-state index contributed by atoms with van der Waals surface area (Å²) < 4.78 is 5.19. The minimum Gasteiger partial charge on any atom is -0.444 e. The largest absolute Gasteiger partial charge is 0.444 e. The Kier molecular flexibility index (Phi) is 3.70. The maximum absolute atomic E-state index is 12.2. The van der Waals surface area contributed by atoms with Gasteiger partial charge in [-0.15, -0.1) is 0 Å². The van der Waals surface area contributed by atoms with Crippen LogP contribution in [0.4, 0.5) is 10.5 Å². The summed E-state index contributed by atoms with van der Waals surface area (Å²) in [7, 11) is 1.71. The molecule has 20 heavy (non-hydrogen) atoms. The van der Waals surface area contributed by atoms with Gasteiger partial charge in [-0.05, 0) is 32.4 Å². The van der Waals surface area contributed by atoms with Crippen LogP contribution >= 0.6 is 0 Å². The number of benzene rings is 1. The monoisotopic (exact) mass is 276 g/mol. The van der Waals surface area contributed by atoms with Crippen LogP contribution in [0.25, 0.3) is 0 Å². The minimum atomic E-state index is -0.579. The predicted molar refractivity (Wildman–Crippen MR) is 76.7 cm³/mol. The zero-order valence-electron chi connectivity index (χ0n) is 12.3. The van der Waals surface area contributed by atoms with Gasteiger partial charge < -0.3 is 15.0 Å². The van der Waals surface area contributed by atoms with E-state index in [2.05, 4.69) is 5.32 Å². The summed E-state index contributed by atoms with van der Waals surface area (Å²) in [6.07, 6.45) is -0.0814. The SMILES string of the molecule is CN1C(=O)[C@@H](NC(=O)OC(C)(C)C)Cc2ccccc21. The molecule has 0 saturated carbocycles. The quantitative estimate of drug-likeness (QED) is 0.854. The van der Waals surface area contributed by atoms with Crippen molar-refractivity contribution in [3.8, 4) is 0 Å². The van der Waals surface area contributed by atoms with Gasteiger partial charge in [-0.2, -0.15) is 0 Å². The maximum Gasteiger partial charge on any atom is 0.408 e. The number of anilines is 1. The number of alkyl carbamates (subject to hydrolysis) is 1. The Bertz CT molecular complexity index is 534. The molecule has 1 atom stereocenters. The van der Waals surface area contributed by atoms with Crippen LogP contribution in [-0.2, 0) is 16.0 Å². The van der Waals surface area contributed by atoms with Crippen LogP contribution in [0.15, 0.2) is 24.3 Å². The molecule has 0 fully saturated rings. The van der Waals surface area contributed by atoms with E-state index >= 15 is 0 Å². The Balaban J connectivity index is 2.12. The van der Waals surface area contributed by atoms with Crippen LogP contribution in [0.5, 0.6) is 0 Å². The second kappa shape index (κ2) is 5.15. The first-order valence-electron chi connectivity index (χ1n) is 6.63. The number of likely N-dealkylation sites (N-methyl/N-ethyl adjacent to an activating group) is 1. The second-order valence-corrected chi connectivity index (χ2v) is 5.93. The molecule has 1 aliphatic rings. The van der Waals surface area contributed by atoms with E-state index in [1.54, 1.807) is 32.7 Å². The number of nitrogens with zero attached hydrogens (tertiary/aromatic N) is 1. The average Bonchev–Trinajstić information content (AvgIpc) is 2.33. The summed E-state index contributed by atoms with van der Waals surface area (Å²) in [5, 5.41) is 2.64. The third-order valence-electron chi connectivity index (χ3n) is 3.10. The number of nitrogens with one attached hydrogen (secondary N) is 1. The molecule has 2 amide bonds. The van der Waals surface area contributed by atoms with Gasteiger partial charge in [-0.25, -0.2) is 4.79 Å². The number of fused-ring (bicyclic) bond motifs is 1. The molecule has 0 aromatic heterocycles. The van der Waals surface area contributed by atoms with Gasteiger partial charge in [0.05, 0.1) is 0 Å². The van der Waals surface area contributed by atoms with Crippen molar-refractivity contribution in [2.75, 3.05) is 11.9 Å². The molecule has 2 rings (SSSR count). The highest BCUT2D eigenvalue weighted by Crippen LogP contribution is 2.26. The van der Waals surface area contributed by atoms with Crippen LogP contribution in [0.3, 0.4) is 0 Å².